The van der Waals surface area contributed by atoms with Crippen molar-refractivity contribution in [3.05, 3.63) is 35.9 Å². The summed E-state index contributed by atoms with van der Waals surface area (Å²) in [6.07, 6.45) is 0.980. The summed E-state index contributed by atoms with van der Waals surface area (Å²) in [5.74, 6) is 0.299. The second kappa shape index (κ2) is 4.65. The first-order valence-corrected chi connectivity index (χ1v) is 4.57. The predicted molar refractivity (Wildman–Crippen MR) is 54.2 cm³/mol. The Morgan fingerprint density at radius 2 is 2.00 bits per heavy atom. The van der Waals surface area contributed by atoms with E-state index in [0.29, 0.717) is 5.92 Å². The zero-order valence-corrected chi connectivity index (χ0v) is 8.07. The van der Waals surface area contributed by atoms with E-state index in [1.165, 1.54) is 0 Å². The van der Waals surface area contributed by atoms with Gasteiger partial charge in [-0.15, -0.1) is 0 Å². The van der Waals surface area contributed by atoms with E-state index in [9.17, 15) is 0 Å². The van der Waals surface area contributed by atoms with Gasteiger partial charge in [0.1, 0.15) is 0 Å². The minimum absolute atomic E-state index is 0.299. The lowest BCUT2D eigenvalue weighted by Crippen LogP contribution is -2.11. The molecule has 2 heteroatoms. The van der Waals surface area contributed by atoms with Crippen LogP contribution in [0.15, 0.2) is 35.5 Å². The number of hydrogen-bond donors (Lipinski definition) is 1. The zero-order valence-electron chi connectivity index (χ0n) is 8.07. The average molecular weight is 177 g/mol. The minimum atomic E-state index is 0.299. The van der Waals surface area contributed by atoms with Crippen molar-refractivity contribution in [3.63, 3.8) is 0 Å². The summed E-state index contributed by atoms with van der Waals surface area (Å²) in [6.45, 7) is 4.14. The maximum atomic E-state index is 8.87. The smallest absolute Gasteiger partial charge is 0.0895 e. The van der Waals surface area contributed by atoms with E-state index < -0.39 is 0 Å². The van der Waals surface area contributed by atoms with Crippen LogP contribution in [0.2, 0.25) is 0 Å². The molecule has 0 saturated carbocycles. The van der Waals surface area contributed by atoms with Gasteiger partial charge in [-0.3, -0.25) is 0 Å². The molecule has 0 bridgehead atoms. The fourth-order valence-electron chi connectivity index (χ4n) is 1.24. The van der Waals surface area contributed by atoms with Gasteiger partial charge in [-0.25, -0.2) is 0 Å². The van der Waals surface area contributed by atoms with Crippen LogP contribution in [0, 0.1) is 5.92 Å². The van der Waals surface area contributed by atoms with Crippen molar-refractivity contribution in [3.8, 4) is 0 Å². The highest BCUT2D eigenvalue weighted by Gasteiger charge is 2.10. The molecule has 0 amide bonds. The van der Waals surface area contributed by atoms with Crippen LogP contribution in [0.5, 0.6) is 0 Å². The SMILES string of the molecule is CC[C@H](C)C(=NO)c1ccccc1. The number of hydrogen-bond acceptors (Lipinski definition) is 2. The molecule has 1 N–H and O–H groups in total. The molecule has 0 saturated heterocycles. The predicted octanol–water partition coefficient (Wildman–Crippen LogP) is 2.91. The monoisotopic (exact) mass is 177 g/mol. The number of rotatable bonds is 3. The third-order valence-corrected chi connectivity index (χ3v) is 2.26. The van der Waals surface area contributed by atoms with E-state index in [0.717, 1.165) is 17.7 Å². The summed E-state index contributed by atoms with van der Waals surface area (Å²) in [4.78, 5) is 0. The Labute approximate surface area is 78.9 Å². The number of oxime groups is 1. The first-order valence-electron chi connectivity index (χ1n) is 4.57. The van der Waals surface area contributed by atoms with Gasteiger partial charge < -0.3 is 5.21 Å². The molecule has 70 valence electrons. The Bertz CT molecular complexity index is 279. The molecule has 0 aromatic heterocycles. The molecule has 1 aromatic carbocycles. The number of nitrogens with zero attached hydrogens (tertiary/aromatic N) is 1. The Morgan fingerprint density at radius 1 is 1.38 bits per heavy atom. The third kappa shape index (κ3) is 2.31. The highest BCUT2D eigenvalue weighted by atomic mass is 16.4. The Balaban J connectivity index is 2.93. The van der Waals surface area contributed by atoms with E-state index >= 15 is 0 Å². The molecule has 0 radical (unpaired) electrons. The molecule has 1 atom stereocenters. The molecule has 0 aliphatic carbocycles. The number of benzene rings is 1. The Morgan fingerprint density at radius 3 is 2.46 bits per heavy atom. The standard InChI is InChI=1S/C11H15NO/c1-3-9(2)11(12-13)10-7-5-4-6-8-10/h4-9,13H,3H2,1-2H3/t9-/m0/s1. The molecule has 1 aromatic rings. The van der Waals surface area contributed by atoms with Gasteiger partial charge in [-0.05, 0) is 12.0 Å². The molecule has 0 spiro atoms. The van der Waals surface area contributed by atoms with Crippen molar-refractivity contribution >= 4 is 5.71 Å². The Kier molecular flexibility index (Phi) is 3.50. The van der Waals surface area contributed by atoms with Gasteiger partial charge in [0, 0.05) is 5.92 Å². The second-order valence-corrected chi connectivity index (χ2v) is 3.16. The van der Waals surface area contributed by atoms with Gasteiger partial charge in [0.15, 0.2) is 0 Å². The van der Waals surface area contributed by atoms with E-state index in [1.54, 1.807) is 0 Å². The van der Waals surface area contributed by atoms with Crippen LogP contribution < -0.4 is 0 Å². The molecular weight excluding hydrogens is 162 g/mol. The van der Waals surface area contributed by atoms with Crippen LogP contribution in [0.3, 0.4) is 0 Å². The zero-order chi connectivity index (χ0) is 9.68. The highest BCUT2D eigenvalue weighted by molar-refractivity contribution is 6.01. The summed E-state index contributed by atoms with van der Waals surface area (Å²) in [6, 6.07) is 9.77. The average Bonchev–Trinajstić information content (AvgIpc) is 2.20. The molecule has 0 fully saturated rings. The van der Waals surface area contributed by atoms with E-state index in [4.69, 9.17) is 5.21 Å². The van der Waals surface area contributed by atoms with Gasteiger partial charge in [-0.1, -0.05) is 49.3 Å². The van der Waals surface area contributed by atoms with Gasteiger partial charge >= 0.3 is 0 Å². The molecule has 0 unspecified atom stereocenters. The van der Waals surface area contributed by atoms with Crippen LogP contribution in [-0.2, 0) is 0 Å². The summed E-state index contributed by atoms with van der Waals surface area (Å²) >= 11 is 0. The molecule has 0 aliphatic rings. The lowest BCUT2D eigenvalue weighted by molar-refractivity contribution is 0.315. The maximum absolute atomic E-state index is 8.87. The topological polar surface area (TPSA) is 32.6 Å². The second-order valence-electron chi connectivity index (χ2n) is 3.16. The van der Waals surface area contributed by atoms with Crippen molar-refractivity contribution in [1.82, 2.24) is 0 Å². The van der Waals surface area contributed by atoms with Crippen LogP contribution in [0.4, 0.5) is 0 Å². The first-order chi connectivity index (χ1) is 6.29. The van der Waals surface area contributed by atoms with Gasteiger partial charge in [0.05, 0.1) is 5.71 Å². The fourth-order valence-corrected chi connectivity index (χ4v) is 1.24. The molecule has 1 rings (SSSR count). The van der Waals surface area contributed by atoms with Crippen LogP contribution in [-0.4, -0.2) is 10.9 Å². The van der Waals surface area contributed by atoms with E-state index in [2.05, 4.69) is 19.0 Å². The molecule has 0 aliphatic heterocycles. The van der Waals surface area contributed by atoms with Gasteiger partial charge in [0.25, 0.3) is 0 Å². The quantitative estimate of drug-likeness (QED) is 0.430. The Hall–Kier alpha value is -1.31. The molecular formula is C11H15NO. The van der Waals surface area contributed by atoms with Crippen LogP contribution >= 0.6 is 0 Å². The third-order valence-electron chi connectivity index (χ3n) is 2.26. The summed E-state index contributed by atoms with van der Waals surface area (Å²) in [5.41, 5.74) is 1.77. The van der Waals surface area contributed by atoms with E-state index in [1.807, 2.05) is 30.3 Å². The van der Waals surface area contributed by atoms with Gasteiger partial charge in [0.2, 0.25) is 0 Å². The van der Waals surface area contributed by atoms with E-state index in [-0.39, 0.29) is 0 Å². The van der Waals surface area contributed by atoms with Crippen molar-refractivity contribution in [2.24, 2.45) is 11.1 Å². The van der Waals surface area contributed by atoms with Crippen LogP contribution in [0.25, 0.3) is 0 Å². The minimum Gasteiger partial charge on any atom is -0.411 e. The lowest BCUT2D eigenvalue weighted by Gasteiger charge is -2.10. The molecule has 13 heavy (non-hydrogen) atoms. The largest absolute Gasteiger partial charge is 0.411 e. The van der Waals surface area contributed by atoms with Crippen molar-refractivity contribution in [2.75, 3.05) is 0 Å². The van der Waals surface area contributed by atoms with Gasteiger partial charge in [-0.2, -0.15) is 0 Å². The van der Waals surface area contributed by atoms with Crippen molar-refractivity contribution in [1.29, 1.82) is 0 Å². The summed E-state index contributed by atoms with van der Waals surface area (Å²) < 4.78 is 0. The van der Waals surface area contributed by atoms with Crippen molar-refractivity contribution in [2.45, 2.75) is 20.3 Å². The molecule has 0 heterocycles. The maximum Gasteiger partial charge on any atom is 0.0895 e. The highest BCUT2D eigenvalue weighted by Crippen LogP contribution is 2.12. The molecule has 2 nitrogen and oxygen atoms in total. The lowest BCUT2D eigenvalue weighted by atomic mass is 9.96. The normalized spacial score (nSPS) is 14.2. The summed E-state index contributed by atoms with van der Waals surface area (Å²) in [7, 11) is 0. The summed E-state index contributed by atoms with van der Waals surface area (Å²) in [5, 5.41) is 12.2. The van der Waals surface area contributed by atoms with Crippen molar-refractivity contribution < 1.29 is 5.21 Å². The van der Waals surface area contributed by atoms with Crippen LogP contribution in [0.1, 0.15) is 25.8 Å². The fraction of sp³-hybridized carbons (Fsp3) is 0.364. The first kappa shape index (κ1) is 9.78.